The van der Waals surface area contributed by atoms with E-state index in [1.807, 2.05) is 36.6 Å². The van der Waals surface area contributed by atoms with E-state index in [0.717, 1.165) is 34.7 Å². The van der Waals surface area contributed by atoms with E-state index in [1.54, 1.807) is 30.6 Å². The van der Waals surface area contributed by atoms with Crippen LogP contribution in [0.5, 0.6) is 0 Å². The third-order valence-electron chi connectivity index (χ3n) is 4.72. The van der Waals surface area contributed by atoms with E-state index in [4.69, 9.17) is 0 Å². The Hall–Kier alpha value is -3.32. The van der Waals surface area contributed by atoms with Crippen molar-refractivity contribution in [3.8, 4) is 11.3 Å². The Balaban J connectivity index is 1.32. The number of rotatable bonds is 7. The summed E-state index contributed by atoms with van der Waals surface area (Å²) in [5.74, 6) is -0.245. The average molecular weight is 419 g/mol. The molecule has 0 radical (unpaired) electrons. The number of nitrogens with zero attached hydrogens (tertiary/aromatic N) is 2. The van der Waals surface area contributed by atoms with Gasteiger partial charge in [0.25, 0.3) is 5.91 Å². The van der Waals surface area contributed by atoms with E-state index in [2.05, 4.69) is 20.6 Å². The topological polar surface area (TPSA) is 84.0 Å². The molecule has 0 aliphatic heterocycles. The Morgan fingerprint density at radius 2 is 2.00 bits per heavy atom. The molecule has 2 aromatic heterocycles. The van der Waals surface area contributed by atoms with Crippen LogP contribution >= 0.6 is 11.3 Å². The van der Waals surface area contributed by atoms with Crippen LogP contribution in [0, 0.1) is 0 Å². The predicted molar refractivity (Wildman–Crippen MR) is 118 cm³/mol. The maximum atomic E-state index is 12.3. The minimum atomic E-state index is -0.203. The van der Waals surface area contributed by atoms with E-state index in [9.17, 15) is 9.59 Å². The monoisotopic (exact) mass is 418 g/mol. The quantitative estimate of drug-likeness (QED) is 0.568. The maximum absolute atomic E-state index is 12.3. The first kappa shape index (κ1) is 20.0. The zero-order valence-corrected chi connectivity index (χ0v) is 17.4. The summed E-state index contributed by atoms with van der Waals surface area (Å²) >= 11 is 1.51. The number of carbonyl (C=O) groups excluding carboxylic acids is 2. The Morgan fingerprint density at radius 1 is 1.20 bits per heavy atom. The van der Waals surface area contributed by atoms with Crippen molar-refractivity contribution >= 4 is 29.2 Å². The molecule has 0 bridgehead atoms. The molecule has 0 spiro atoms. The summed E-state index contributed by atoms with van der Waals surface area (Å²) in [5.41, 5.74) is 3.29. The standard InChI is InChI=1S/C23H22N4O2S/c1-15(23-27-20(14-30-23)18-3-2-12-24-13-18)25-21(28)11-6-16-4-7-17(8-5-16)22(29)26-19-9-10-19/h2-8,11-15,19H,9-10H2,1H3,(H,25,28)(H,26,29). The number of thiazole rings is 1. The molecule has 4 rings (SSSR count). The first-order chi connectivity index (χ1) is 14.6. The normalized spacial score (nSPS) is 14.4. The van der Waals surface area contributed by atoms with Crippen LogP contribution < -0.4 is 10.6 Å². The van der Waals surface area contributed by atoms with Gasteiger partial charge in [0.1, 0.15) is 5.01 Å². The molecule has 30 heavy (non-hydrogen) atoms. The van der Waals surface area contributed by atoms with Crippen LogP contribution in [0.4, 0.5) is 0 Å². The average Bonchev–Trinajstić information content (AvgIpc) is 3.44. The number of hydrogen-bond acceptors (Lipinski definition) is 5. The fourth-order valence-corrected chi connectivity index (χ4v) is 3.71. The van der Waals surface area contributed by atoms with Gasteiger partial charge in [0.2, 0.25) is 5.91 Å². The highest BCUT2D eigenvalue weighted by molar-refractivity contribution is 7.10. The molecule has 6 nitrogen and oxygen atoms in total. The zero-order chi connectivity index (χ0) is 20.9. The van der Waals surface area contributed by atoms with Crippen molar-refractivity contribution in [2.24, 2.45) is 0 Å². The highest BCUT2D eigenvalue weighted by atomic mass is 32.1. The molecule has 1 aliphatic carbocycles. The lowest BCUT2D eigenvalue weighted by Gasteiger charge is -2.09. The lowest BCUT2D eigenvalue weighted by atomic mass is 10.1. The molecule has 152 valence electrons. The number of amides is 2. The highest BCUT2D eigenvalue weighted by Crippen LogP contribution is 2.24. The fourth-order valence-electron chi connectivity index (χ4n) is 2.87. The molecule has 1 fully saturated rings. The van der Waals surface area contributed by atoms with Gasteiger partial charge in [0, 0.05) is 41.0 Å². The van der Waals surface area contributed by atoms with Crippen LogP contribution in [-0.2, 0) is 4.79 Å². The summed E-state index contributed by atoms with van der Waals surface area (Å²) in [5, 5.41) is 8.69. The third-order valence-corrected chi connectivity index (χ3v) is 5.75. The van der Waals surface area contributed by atoms with Gasteiger partial charge in [-0.3, -0.25) is 14.6 Å². The molecule has 2 amide bonds. The molecule has 1 aliphatic rings. The van der Waals surface area contributed by atoms with Gasteiger partial charge in [-0.2, -0.15) is 0 Å². The second-order valence-electron chi connectivity index (χ2n) is 7.25. The lowest BCUT2D eigenvalue weighted by Crippen LogP contribution is -2.25. The van der Waals surface area contributed by atoms with E-state index < -0.39 is 0 Å². The Bertz CT molecular complexity index is 1060. The Morgan fingerprint density at radius 3 is 2.70 bits per heavy atom. The largest absolute Gasteiger partial charge is 0.349 e. The van der Waals surface area contributed by atoms with Gasteiger partial charge in [-0.15, -0.1) is 11.3 Å². The first-order valence-corrected chi connectivity index (χ1v) is 10.7. The summed E-state index contributed by atoms with van der Waals surface area (Å²) in [6, 6.07) is 11.2. The van der Waals surface area contributed by atoms with E-state index in [1.165, 1.54) is 17.4 Å². The van der Waals surface area contributed by atoms with Crippen LogP contribution in [0.15, 0.2) is 60.2 Å². The van der Waals surface area contributed by atoms with Gasteiger partial charge < -0.3 is 10.6 Å². The number of aromatic nitrogens is 2. The summed E-state index contributed by atoms with van der Waals surface area (Å²) in [6.07, 6.45) is 8.84. The summed E-state index contributed by atoms with van der Waals surface area (Å²) in [4.78, 5) is 33.0. The predicted octanol–water partition coefficient (Wildman–Crippen LogP) is 3.99. The van der Waals surface area contributed by atoms with Crippen molar-refractivity contribution in [1.82, 2.24) is 20.6 Å². The molecule has 3 aromatic rings. The molecular weight excluding hydrogens is 396 g/mol. The van der Waals surface area contributed by atoms with Crippen LogP contribution in [0.25, 0.3) is 17.3 Å². The molecule has 0 saturated heterocycles. The minimum absolute atomic E-state index is 0.0475. The first-order valence-electron chi connectivity index (χ1n) is 9.84. The smallest absolute Gasteiger partial charge is 0.251 e. The number of carbonyl (C=O) groups is 2. The van der Waals surface area contributed by atoms with E-state index in [-0.39, 0.29) is 17.9 Å². The molecule has 7 heteroatoms. The molecule has 2 heterocycles. The number of nitrogens with one attached hydrogen (secondary N) is 2. The fraction of sp³-hybridized carbons (Fsp3) is 0.217. The molecule has 1 saturated carbocycles. The highest BCUT2D eigenvalue weighted by Gasteiger charge is 2.23. The van der Waals surface area contributed by atoms with Crippen molar-refractivity contribution in [2.45, 2.75) is 31.8 Å². The van der Waals surface area contributed by atoms with Gasteiger partial charge in [-0.05, 0) is 55.7 Å². The van der Waals surface area contributed by atoms with Gasteiger partial charge in [0.15, 0.2) is 0 Å². The molecule has 1 unspecified atom stereocenters. The lowest BCUT2D eigenvalue weighted by molar-refractivity contribution is -0.117. The SMILES string of the molecule is CC(NC(=O)C=Cc1ccc(C(=O)NC2CC2)cc1)c1nc(-c2cccnc2)cs1. The zero-order valence-electron chi connectivity index (χ0n) is 16.5. The third kappa shape index (κ3) is 5.18. The van der Waals surface area contributed by atoms with E-state index in [0.29, 0.717) is 11.6 Å². The van der Waals surface area contributed by atoms with Crippen molar-refractivity contribution in [1.29, 1.82) is 0 Å². The maximum Gasteiger partial charge on any atom is 0.251 e. The van der Waals surface area contributed by atoms with Gasteiger partial charge in [0.05, 0.1) is 11.7 Å². The van der Waals surface area contributed by atoms with Gasteiger partial charge >= 0.3 is 0 Å². The second-order valence-corrected chi connectivity index (χ2v) is 8.14. The Kier molecular flexibility index (Phi) is 5.99. The second kappa shape index (κ2) is 9.00. The van der Waals surface area contributed by atoms with Crippen LogP contribution in [0.3, 0.4) is 0 Å². The van der Waals surface area contributed by atoms with Crippen molar-refractivity contribution in [3.05, 3.63) is 76.4 Å². The number of benzene rings is 1. The van der Waals surface area contributed by atoms with Crippen LogP contribution in [0.1, 0.15) is 46.7 Å². The van der Waals surface area contributed by atoms with Crippen molar-refractivity contribution in [2.75, 3.05) is 0 Å². The van der Waals surface area contributed by atoms with Crippen molar-refractivity contribution in [3.63, 3.8) is 0 Å². The number of pyridine rings is 1. The Labute approximate surface area is 179 Å². The summed E-state index contributed by atoms with van der Waals surface area (Å²) in [7, 11) is 0. The van der Waals surface area contributed by atoms with Crippen molar-refractivity contribution < 1.29 is 9.59 Å². The van der Waals surface area contributed by atoms with Crippen LogP contribution in [0.2, 0.25) is 0 Å². The van der Waals surface area contributed by atoms with Gasteiger partial charge in [-0.25, -0.2) is 4.98 Å². The van der Waals surface area contributed by atoms with E-state index >= 15 is 0 Å². The number of hydrogen-bond donors (Lipinski definition) is 2. The molecule has 1 atom stereocenters. The minimum Gasteiger partial charge on any atom is -0.349 e. The summed E-state index contributed by atoms with van der Waals surface area (Å²) in [6.45, 7) is 1.91. The van der Waals surface area contributed by atoms with Gasteiger partial charge in [-0.1, -0.05) is 12.1 Å². The summed E-state index contributed by atoms with van der Waals surface area (Å²) < 4.78 is 0. The molecule has 1 aromatic carbocycles. The molecular formula is C23H22N4O2S. The van der Waals surface area contributed by atoms with Crippen LogP contribution in [-0.4, -0.2) is 27.8 Å². The molecule has 2 N–H and O–H groups in total.